The number of thioether (sulfide) groups is 1. The quantitative estimate of drug-likeness (QED) is 0.670. The van der Waals surface area contributed by atoms with Gasteiger partial charge in [0.15, 0.2) is 11.5 Å². The summed E-state index contributed by atoms with van der Waals surface area (Å²) in [4.78, 5) is 29.8. The fourth-order valence-electron chi connectivity index (χ4n) is 2.42. The van der Waals surface area contributed by atoms with E-state index < -0.39 is 12.9 Å². The largest absolute Gasteiger partial charge is 0.354 e. The van der Waals surface area contributed by atoms with Crippen molar-refractivity contribution in [2.75, 3.05) is 17.6 Å². The molecule has 9 heteroatoms. The Morgan fingerprint density at radius 3 is 2.85 bits per heavy atom. The molecule has 2 aliphatic rings. The predicted molar refractivity (Wildman–Crippen MR) is 103 cm³/mol. The van der Waals surface area contributed by atoms with Crippen LogP contribution in [0.5, 0.6) is 0 Å². The summed E-state index contributed by atoms with van der Waals surface area (Å²) in [5.74, 6) is -0.397. The number of nitrogens with one attached hydrogen (secondary N) is 3. The number of carbonyl (C=O) groups is 2. The summed E-state index contributed by atoms with van der Waals surface area (Å²) in [5, 5.41) is 15.9. The minimum absolute atomic E-state index is 0.0286. The number of aromatic nitrogens is 3. The van der Waals surface area contributed by atoms with Crippen molar-refractivity contribution in [3.8, 4) is 0 Å². The lowest BCUT2D eigenvalue weighted by Crippen LogP contribution is -2.22. The molecular weight excluding hydrogens is 364 g/mol. The maximum atomic E-state index is 12.5. The predicted octanol–water partition coefficient (Wildman–Crippen LogP) is 2.58. The zero-order valence-electron chi connectivity index (χ0n) is 17.4. The highest BCUT2D eigenvalue weighted by Crippen LogP contribution is 2.42. The first kappa shape index (κ1) is 14.4. The molecule has 2 aromatic rings. The lowest BCUT2D eigenvalue weighted by Gasteiger charge is -2.13. The monoisotopic (exact) mass is 387 g/mol. The summed E-state index contributed by atoms with van der Waals surface area (Å²) in [5.41, 5.74) is -0.00207. The van der Waals surface area contributed by atoms with Gasteiger partial charge in [0.1, 0.15) is 5.82 Å². The van der Waals surface area contributed by atoms with Gasteiger partial charge in [0.2, 0.25) is 5.91 Å². The van der Waals surface area contributed by atoms with E-state index in [-0.39, 0.29) is 29.0 Å². The molecule has 0 aliphatic heterocycles. The molecule has 0 spiro atoms. The van der Waals surface area contributed by atoms with Crippen molar-refractivity contribution in [2.24, 2.45) is 5.92 Å². The van der Waals surface area contributed by atoms with Crippen LogP contribution in [0.4, 0.5) is 17.3 Å². The molecule has 2 aliphatic carbocycles. The van der Waals surface area contributed by atoms with Crippen molar-refractivity contribution in [1.29, 1.82) is 0 Å². The maximum absolute atomic E-state index is 12.5. The molecule has 2 amide bonds. The second kappa shape index (κ2) is 7.51. The molecule has 0 atom stereocenters. The third-order valence-electron chi connectivity index (χ3n) is 4.16. The van der Waals surface area contributed by atoms with Crippen LogP contribution in [0.2, 0.25) is 0 Å². The first-order valence-electron chi connectivity index (χ1n) is 10.2. The summed E-state index contributed by atoms with van der Waals surface area (Å²) in [6, 6.07) is 5.21. The molecule has 8 nitrogen and oxygen atoms in total. The average Bonchev–Trinajstić information content (AvgIpc) is 3.56. The number of carbonyl (C=O) groups excluding carboxylic acids is 2. The molecule has 27 heavy (non-hydrogen) atoms. The van der Waals surface area contributed by atoms with Gasteiger partial charge in [0.05, 0.1) is 10.6 Å². The average molecular weight is 387 g/mol. The van der Waals surface area contributed by atoms with Gasteiger partial charge < -0.3 is 16.0 Å². The smallest absolute Gasteiger partial charge is 0.273 e. The molecule has 4 rings (SSSR count). The minimum Gasteiger partial charge on any atom is -0.354 e. The van der Waals surface area contributed by atoms with Crippen LogP contribution in [0.15, 0.2) is 29.3 Å². The minimum atomic E-state index is -2.67. The van der Waals surface area contributed by atoms with Crippen molar-refractivity contribution in [3.63, 3.8) is 0 Å². The highest BCUT2D eigenvalue weighted by molar-refractivity contribution is 8.00. The summed E-state index contributed by atoms with van der Waals surface area (Å²) in [7, 11) is 0. The number of nitrogens with zero attached hydrogens (tertiary/aromatic N) is 3. The normalized spacial score (nSPS) is 18.0. The standard InChI is InChI=1S/C18H20N6O2S/c1-19-18(26)15-12(9-14(23-24-15)22-17(25)10-4-5-10)21-16-13(3-2-8-20-16)27-11-6-7-11/h2-3,8-11H,4-7H2,1H3,(H,19,26)(H2,20,21,22,23,25)/i1D3. The van der Waals surface area contributed by atoms with Gasteiger partial charge in [0, 0.05) is 34.5 Å². The van der Waals surface area contributed by atoms with E-state index in [1.165, 1.54) is 6.07 Å². The van der Waals surface area contributed by atoms with E-state index in [0.29, 0.717) is 11.1 Å². The molecule has 0 aromatic carbocycles. The van der Waals surface area contributed by atoms with Crippen molar-refractivity contribution < 1.29 is 13.7 Å². The number of pyridine rings is 1. The van der Waals surface area contributed by atoms with E-state index in [0.717, 1.165) is 30.6 Å². The first-order valence-corrected chi connectivity index (χ1v) is 9.56. The van der Waals surface area contributed by atoms with Crippen molar-refractivity contribution in [2.45, 2.75) is 35.8 Å². The highest BCUT2D eigenvalue weighted by Gasteiger charge is 2.30. The Labute approximate surface area is 165 Å². The Balaban J connectivity index is 1.63. The van der Waals surface area contributed by atoms with Gasteiger partial charge in [-0.1, -0.05) is 0 Å². The Bertz CT molecular complexity index is 979. The van der Waals surface area contributed by atoms with Crippen LogP contribution in [0, 0.1) is 5.92 Å². The van der Waals surface area contributed by atoms with Crippen LogP contribution in [0.25, 0.3) is 0 Å². The maximum Gasteiger partial charge on any atom is 0.273 e. The summed E-state index contributed by atoms with van der Waals surface area (Å²) in [6.45, 7) is -2.67. The summed E-state index contributed by atoms with van der Waals surface area (Å²) in [6.07, 6.45) is 5.56. The fraction of sp³-hybridized carbons (Fsp3) is 0.389. The molecule has 2 heterocycles. The van der Waals surface area contributed by atoms with Gasteiger partial charge in [-0.3, -0.25) is 9.59 Å². The zero-order chi connectivity index (χ0) is 21.3. The van der Waals surface area contributed by atoms with Crippen molar-refractivity contribution in [3.05, 3.63) is 30.1 Å². The van der Waals surface area contributed by atoms with Crippen LogP contribution in [0.1, 0.15) is 40.3 Å². The van der Waals surface area contributed by atoms with Crippen molar-refractivity contribution >= 4 is 40.9 Å². The van der Waals surface area contributed by atoms with Gasteiger partial charge >= 0.3 is 0 Å². The molecule has 0 radical (unpaired) electrons. The molecule has 0 saturated heterocycles. The Kier molecular flexibility index (Phi) is 4.00. The number of rotatable bonds is 7. The molecular formula is C18H20N6O2S. The second-order valence-corrected chi connectivity index (χ2v) is 7.84. The third kappa shape index (κ3) is 4.36. The van der Waals surface area contributed by atoms with Gasteiger partial charge in [-0.05, 0) is 37.8 Å². The Hall–Kier alpha value is -2.68. The first-order chi connectivity index (χ1) is 14.3. The highest BCUT2D eigenvalue weighted by atomic mass is 32.2. The molecule has 2 saturated carbocycles. The lowest BCUT2D eigenvalue weighted by atomic mass is 10.2. The van der Waals surface area contributed by atoms with Crippen LogP contribution < -0.4 is 16.0 Å². The Morgan fingerprint density at radius 1 is 1.26 bits per heavy atom. The molecule has 3 N–H and O–H groups in total. The Morgan fingerprint density at radius 2 is 2.11 bits per heavy atom. The number of hydrogen-bond acceptors (Lipinski definition) is 7. The van der Waals surface area contributed by atoms with Crippen LogP contribution in [-0.2, 0) is 4.79 Å². The van der Waals surface area contributed by atoms with E-state index in [4.69, 9.17) is 4.11 Å². The van der Waals surface area contributed by atoms with E-state index in [1.54, 1.807) is 18.0 Å². The van der Waals surface area contributed by atoms with Crippen LogP contribution in [0.3, 0.4) is 0 Å². The van der Waals surface area contributed by atoms with Gasteiger partial charge in [0.25, 0.3) is 5.91 Å². The molecule has 0 unspecified atom stereocenters. The molecule has 2 fully saturated rings. The van der Waals surface area contributed by atoms with E-state index >= 15 is 0 Å². The summed E-state index contributed by atoms with van der Waals surface area (Å²) < 4.78 is 21.8. The van der Waals surface area contributed by atoms with Gasteiger partial charge in [-0.2, -0.15) is 0 Å². The lowest BCUT2D eigenvalue weighted by molar-refractivity contribution is -0.117. The van der Waals surface area contributed by atoms with E-state index in [9.17, 15) is 9.59 Å². The molecule has 140 valence electrons. The number of amides is 2. The number of anilines is 3. The van der Waals surface area contributed by atoms with Gasteiger partial charge in [-0.25, -0.2) is 4.98 Å². The van der Waals surface area contributed by atoms with E-state index in [1.807, 2.05) is 17.4 Å². The van der Waals surface area contributed by atoms with Gasteiger partial charge in [-0.15, -0.1) is 22.0 Å². The number of hydrogen-bond donors (Lipinski definition) is 3. The zero-order valence-corrected chi connectivity index (χ0v) is 15.2. The molecule has 2 aromatic heterocycles. The third-order valence-corrected chi connectivity index (χ3v) is 5.55. The topological polar surface area (TPSA) is 109 Å². The fourth-order valence-corrected chi connectivity index (χ4v) is 3.52. The van der Waals surface area contributed by atoms with Crippen molar-refractivity contribution in [1.82, 2.24) is 20.5 Å². The van der Waals surface area contributed by atoms with Crippen LogP contribution in [-0.4, -0.2) is 39.2 Å². The SMILES string of the molecule is [2H]C([2H])([2H])NC(=O)c1nnc(NC(=O)C2CC2)cc1Nc1ncccc1SC1CC1. The summed E-state index contributed by atoms with van der Waals surface area (Å²) >= 11 is 1.69. The van der Waals surface area contributed by atoms with E-state index in [2.05, 4.69) is 25.8 Å². The molecule has 0 bridgehead atoms. The second-order valence-electron chi connectivity index (χ2n) is 6.50. The van der Waals surface area contributed by atoms with Crippen LogP contribution >= 0.6 is 11.8 Å².